The lowest BCUT2D eigenvalue weighted by molar-refractivity contribution is -0.152. The van der Waals surface area contributed by atoms with Crippen LogP contribution in [0.4, 0.5) is 0 Å². The van der Waals surface area contributed by atoms with E-state index in [1.165, 1.54) is 10.8 Å². The summed E-state index contributed by atoms with van der Waals surface area (Å²) in [6.45, 7) is 6.82. The molecule has 2 heterocycles. The van der Waals surface area contributed by atoms with E-state index in [0.717, 1.165) is 0 Å². The molecule has 0 bridgehead atoms. The van der Waals surface area contributed by atoms with Gasteiger partial charge in [0.15, 0.2) is 0 Å². The molecular formula is C30H49N5O10. The fourth-order valence-electron chi connectivity index (χ4n) is 4.68. The van der Waals surface area contributed by atoms with Gasteiger partial charge in [0.2, 0.25) is 17.7 Å². The van der Waals surface area contributed by atoms with Gasteiger partial charge in [-0.2, -0.15) is 0 Å². The number of H-pyrrole nitrogens is 1. The van der Waals surface area contributed by atoms with E-state index in [-0.39, 0.29) is 68.9 Å². The van der Waals surface area contributed by atoms with Crippen LogP contribution in [-0.4, -0.2) is 104 Å². The molecule has 1 aliphatic rings. The molecule has 1 aromatic heterocycles. The Morgan fingerprint density at radius 3 is 2.40 bits per heavy atom. The van der Waals surface area contributed by atoms with Crippen molar-refractivity contribution in [1.82, 2.24) is 25.1 Å². The second kappa shape index (κ2) is 19.1. The molecule has 254 valence electrons. The minimum absolute atomic E-state index is 0.0242. The molecule has 1 fully saturated rings. The standard InChI is InChI=1S/C30H49N5O10/c1-7-22(29(40)34(5)6)16-19(2)27(38)32-11-13-43-15-14-42-12-10-31-24(36)8-9-26(37)45-23-17-25(44-21(23)4)35-18-20(3)28(39)33-30(35)41/h18-19,21-23,25H,7-17H2,1-6H3,(H,31,36)(H,32,38)(H,33,39,41)/i4D. The van der Waals surface area contributed by atoms with E-state index in [9.17, 15) is 28.8 Å². The molecular weight excluding hydrogens is 590 g/mol. The Hall–Kier alpha value is -3.56. The summed E-state index contributed by atoms with van der Waals surface area (Å²) in [5, 5.41) is 5.47. The maximum Gasteiger partial charge on any atom is 0.330 e. The van der Waals surface area contributed by atoms with Gasteiger partial charge in [0.1, 0.15) is 12.3 Å². The first-order valence-corrected chi connectivity index (χ1v) is 15.2. The van der Waals surface area contributed by atoms with Crippen LogP contribution in [0.5, 0.6) is 0 Å². The predicted octanol–water partition coefficient (Wildman–Crippen LogP) is 0.251. The first-order chi connectivity index (χ1) is 21.9. The van der Waals surface area contributed by atoms with E-state index in [2.05, 4.69) is 15.6 Å². The lowest BCUT2D eigenvalue weighted by atomic mass is 9.92. The van der Waals surface area contributed by atoms with Gasteiger partial charge in [-0.25, -0.2) is 4.79 Å². The van der Waals surface area contributed by atoms with Crippen LogP contribution >= 0.6 is 0 Å². The van der Waals surface area contributed by atoms with Gasteiger partial charge in [-0.3, -0.25) is 33.5 Å². The highest BCUT2D eigenvalue weighted by atomic mass is 16.6. The quantitative estimate of drug-likeness (QED) is 0.140. The number of aryl methyl sites for hydroxylation is 1. The largest absolute Gasteiger partial charge is 0.459 e. The molecule has 0 aliphatic carbocycles. The lowest BCUT2D eigenvalue weighted by Gasteiger charge is -2.22. The van der Waals surface area contributed by atoms with E-state index in [1.54, 1.807) is 32.8 Å². The van der Waals surface area contributed by atoms with Crippen LogP contribution < -0.4 is 21.9 Å². The van der Waals surface area contributed by atoms with Crippen molar-refractivity contribution in [2.24, 2.45) is 11.8 Å². The van der Waals surface area contributed by atoms with Crippen LogP contribution in [0.2, 0.25) is 0 Å². The van der Waals surface area contributed by atoms with Gasteiger partial charge in [0.05, 0.1) is 39.0 Å². The smallest absolute Gasteiger partial charge is 0.330 e. The molecule has 15 heteroatoms. The Balaban J connectivity index is 1.53. The zero-order valence-electron chi connectivity index (χ0n) is 27.9. The summed E-state index contributed by atoms with van der Waals surface area (Å²) < 4.78 is 30.9. The summed E-state index contributed by atoms with van der Waals surface area (Å²) in [6.07, 6.45) is 0.0569. The third kappa shape index (κ3) is 12.8. The number of aromatic amines is 1. The van der Waals surface area contributed by atoms with Gasteiger partial charge in [0.25, 0.3) is 5.56 Å². The summed E-state index contributed by atoms with van der Waals surface area (Å²) in [7, 11) is 3.42. The van der Waals surface area contributed by atoms with Crippen LogP contribution in [0, 0.1) is 18.8 Å². The van der Waals surface area contributed by atoms with E-state index in [4.69, 9.17) is 20.3 Å². The minimum atomic E-state index is -0.801. The Morgan fingerprint density at radius 2 is 1.78 bits per heavy atom. The fourth-order valence-corrected chi connectivity index (χ4v) is 4.68. The van der Waals surface area contributed by atoms with Crippen molar-refractivity contribution in [2.75, 3.05) is 53.6 Å². The van der Waals surface area contributed by atoms with E-state index in [1.807, 2.05) is 6.92 Å². The first kappa shape index (κ1) is 35.9. The molecule has 1 aromatic rings. The maximum atomic E-state index is 12.4. The van der Waals surface area contributed by atoms with Crippen LogP contribution in [0.1, 0.15) is 66.0 Å². The number of hydrogen-bond acceptors (Lipinski definition) is 10. The number of amides is 3. The summed E-state index contributed by atoms with van der Waals surface area (Å²) in [4.78, 5) is 76.5. The lowest BCUT2D eigenvalue weighted by Crippen LogP contribution is -2.36. The van der Waals surface area contributed by atoms with Crippen LogP contribution in [-0.2, 0) is 38.1 Å². The molecule has 0 saturated carbocycles. The number of carbonyl (C=O) groups excluding carboxylic acids is 4. The molecule has 3 amide bonds. The molecule has 2 rings (SSSR count). The average Bonchev–Trinajstić information content (AvgIpc) is 3.42. The van der Waals surface area contributed by atoms with Crippen LogP contribution in [0.3, 0.4) is 0 Å². The Morgan fingerprint density at radius 1 is 1.11 bits per heavy atom. The van der Waals surface area contributed by atoms with E-state index >= 15 is 0 Å². The summed E-state index contributed by atoms with van der Waals surface area (Å²) in [5.74, 6) is -1.56. The minimum Gasteiger partial charge on any atom is -0.459 e. The first-order valence-electron chi connectivity index (χ1n) is 16.0. The Kier molecular flexibility index (Phi) is 15.2. The van der Waals surface area contributed by atoms with Gasteiger partial charge in [-0.1, -0.05) is 13.8 Å². The van der Waals surface area contributed by atoms with Gasteiger partial charge >= 0.3 is 11.7 Å². The topological polar surface area (TPSA) is 187 Å². The number of nitrogens with one attached hydrogen (secondary N) is 3. The summed E-state index contributed by atoms with van der Waals surface area (Å²) >= 11 is 0. The fraction of sp³-hybridized carbons (Fsp3) is 0.733. The van der Waals surface area contributed by atoms with Crippen molar-refractivity contribution in [2.45, 2.75) is 78.2 Å². The molecule has 0 aromatic carbocycles. The van der Waals surface area contributed by atoms with Gasteiger partial charge in [0, 0.05) is 65.0 Å². The number of esters is 1. The van der Waals surface area contributed by atoms with Crippen molar-refractivity contribution >= 4 is 23.7 Å². The van der Waals surface area contributed by atoms with Gasteiger partial charge < -0.3 is 34.5 Å². The normalized spacial score (nSPS) is 19.3. The zero-order valence-corrected chi connectivity index (χ0v) is 26.9. The van der Waals surface area contributed by atoms with Crippen molar-refractivity contribution in [3.8, 4) is 0 Å². The number of hydrogen-bond donors (Lipinski definition) is 3. The van der Waals surface area contributed by atoms with E-state index in [0.29, 0.717) is 44.8 Å². The molecule has 15 nitrogen and oxygen atoms in total. The molecule has 1 saturated heterocycles. The SMILES string of the molecule is [2H]CC1OC(n2cc(C)c(=O)[nH]c2=O)CC1OC(=O)CCC(=O)NCCOCCOCCNC(=O)C(C)CC(CC)C(=O)N(C)C. The third-order valence-electron chi connectivity index (χ3n) is 7.33. The third-order valence-corrected chi connectivity index (χ3v) is 7.33. The van der Waals surface area contributed by atoms with Crippen molar-refractivity contribution in [3.05, 3.63) is 32.6 Å². The van der Waals surface area contributed by atoms with Gasteiger partial charge in [-0.05, 0) is 26.7 Å². The highest BCUT2D eigenvalue weighted by molar-refractivity contribution is 5.82. The number of rotatable bonds is 19. The zero-order chi connectivity index (χ0) is 34.2. The second-order valence-electron chi connectivity index (χ2n) is 11.2. The maximum absolute atomic E-state index is 12.4. The predicted molar refractivity (Wildman–Crippen MR) is 163 cm³/mol. The molecule has 0 radical (unpaired) electrons. The highest BCUT2D eigenvalue weighted by Crippen LogP contribution is 2.30. The number of aromatic nitrogens is 2. The average molecular weight is 641 g/mol. The van der Waals surface area contributed by atoms with Crippen LogP contribution in [0.25, 0.3) is 0 Å². The number of nitrogens with zero attached hydrogens (tertiary/aromatic N) is 2. The van der Waals surface area contributed by atoms with Crippen molar-refractivity contribution in [1.29, 1.82) is 0 Å². The molecule has 5 unspecified atom stereocenters. The van der Waals surface area contributed by atoms with Crippen LogP contribution in [0.15, 0.2) is 15.8 Å². The van der Waals surface area contributed by atoms with Crippen molar-refractivity contribution in [3.63, 3.8) is 0 Å². The summed E-state index contributed by atoms with van der Waals surface area (Å²) in [5.41, 5.74) is -0.847. The molecule has 3 N–H and O–H groups in total. The van der Waals surface area contributed by atoms with Crippen molar-refractivity contribution < 1.29 is 39.5 Å². The number of ether oxygens (including phenoxy) is 4. The Bertz CT molecular complexity index is 1270. The molecule has 5 atom stereocenters. The number of carbonyl (C=O) groups is 4. The Labute approximate surface area is 264 Å². The second-order valence-corrected chi connectivity index (χ2v) is 11.2. The molecule has 0 spiro atoms. The van der Waals surface area contributed by atoms with Gasteiger partial charge in [-0.15, -0.1) is 0 Å². The monoisotopic (exact) mass is 640 g/mol. The summed E-state index contributed by atoms with van der Waals surface area (Å²) in [6, 6.07) is 0. The van der Waals surface area contributed by atoms with E-state index < -0.39 is 35.7 Å². The molecule has 45 heavy (non-hydrogen) atoms. The molecule has 1 aliphatic heterocycles. The highest BCUT2D eigenvalue weighted by Gasteiger charge is 2.36.